The number of benzene rings is 2. The topological polar surface area (TPSA) is 119 Å². The van der Waals surface area contributed by atoms with Gasteiger partial charge in [0.25, 0.3) is 11.8 Å². The van der Waals surface area contributed by atoms with Crippen molar-refractivity contribution in [1.82, 2.24) is 10.8 Å². The first-order valence-corrected chi connectivity index (χ1v) is 9.65. The lowest BCUT2D eigenvalue weighted by molar-refractivity contribution is 0.0706. The molecule has 0 aliphatic rings. The molecule has 31 heavy (non-hydrogen) atoms. The van der Waals surface area contributed by atoms with Crippen molar-refractivity contribution in [2.75, 3.05) is 26.9 Å². The van der Waals surface area contributed by atoms with Crippen LogP contribution in [0.4, 0.5) is 0 Å². The molecule has 2 aromatic carbocycles. The second-order valence-corrected chi connectivity index (χ2v) is 6.76. The summed E-state index contributed by atoms with van der Waals surface area (Å²) < 4.78 is 21.9. The number of hydrogen-bond acceptors (Lipinski definition) is 7. The standard InChI is InChI=1S/C22H24N2O7/c1-14(30-17-5-3-15(4-6-17)21(25)24-27)13-23-22(26)20-12-16-11-18(29-10-9-28-2)7-8-19(16)31-20/h3-8,11-12,14,27H,9-10,13H2,1-2H3,(H,23,26)(H,24,25)/t14-/m1/s1. The Morgan fingerprint density at radius 3 is 2.48 bits per heavy atom. The number of hydrogen-bond donors (Lipinski definition) is 3. The van der Waals surface area contributed by atoms with Crippen LogP contribution in [-0.4, -0.2) is 50.0 Å². The minimum atomic E-state index is -0.605. The number of fused-ring (bicyclic) bond motifs is 1. The van der Waals surface area contributed by atoms with Crippen LogP contribution in [0.3, 0.4) is 0 Å². The highest BCUT2D eigenvalue weighted by molar-refractivity contribution is 5.96. The number of furan rings is 1. The summed E-state index contributed by atoms with van der Waals surface area (Å²) in [4.78, 5) is 23.8. The molecular weight excluding hydrogens is 404 g/mol. The number of rotatable bonds is 10. The van der Waals surface area contributed by atoms with Crippen molar-refractivity contribution < 1.29 is 33.4 Å². The molecule has 9 nitrogen and oxygen atoms in total. The van der Waals surface area contributed by atoms with E-state index in [1.54, 1.807) is 55.9 Å². The van der Waals surface area contributed by atoms with Crippen molar-refractivity contribution in [1.29, 1.82) is 0 Å². The smallest absolute Gasteiger partial charge is 0.287 e. The lowest BCUT2D eigenvalue weighted by atomic mass is 10.2. The van der Waals surface area contributed by atoms with Gasteiger partial charge < -0.3 is 23.9 Å². The number of nitrogens with one attached hydrogen (secondary N) is 2. The maximum atomic E-state index is 12.4. The van der Waals surface area contributed by atoms with E-state index < -0.39 is 5.91 Å². The third kappa shape index (κ3) is 5.97. The molecule has 2 amide bonds. The van der Waals surface area contributed by atoms with Crippen molar-refractivity contribution in [3.05, 3.63) is 59.9 Å². The van der Waals surface area contributed by atoms with E-state index in [9.17, 15) is 9.59 Å². The maximum absolute atomic E-state index is 12.4. The SMILES string of the molecule is COCCOc1ccc2oc(C(=O)NC[C@@H](C)Oc3ccc(C(=O)NO)cc3)cc2c1. The molecule has 0 saturated carbocycles. The van der Waals surface area contributed by atoms with Crippen LogP contribution in [-0.2, 0) is 4.74 Å². The molecule has 9 heteroatoms. The van der Waals surface area contributed by atoms with E-state index in [4.69, 9.17) is 23.8 Å². The van der Waals surface area contributed by atoms with Crippen LogP contribution < -0.4 is 20.3 Å². The fourth-order valence-electron chi connectivity index (χ4n) is 2.81. The molecule has 0 aliphatic heterocycles. The van der Waals surface area contributed by atoms with Crippen LogP contribution >= 0.6 is 0 Å². The highest BCUT2D eigenvalue weighted by Crippen LogP contribution is 2.24. The molecule has 1 atom stereocenters. The van der Waals surface area contributed by atoms with E-state index in [2.05, 4.69) is 5.32 Å². The molecule has 3 N–H and O–H groups in total. The molecule has 0 aliphatic carbocycles. The second kappa shape index (κ2) is 10.5. The predicted molar refractivity (Wildman–Crippen MR) is 112 cm³/mol. The monoisotopic (exact) mass is 428 g/mol. The van der Waals surface area contributed by atoms with Gasteiger partial charge in [0.2, 0.25) is 0 Å². The van der Waals surface area contributed by atoms with Gasteiger partial charge in [-0.15, -0.1) is 0 Å². The lowest BCUT2D eigenvalue weighted by Gasteiger charge is -2.15. The fraction of sp³-hybridized carbons (Fsp3) is 0.273. The third-order valence-electron chi connectivity index (χ3n) is 4.37. The molecule has 0 radical (unpaired) electrons. The van der Waals surface area contributed by atoms with Gasteiger partial charge in [0, 0.05) is 18.1 Å². The molecule has 1 heterocycles. The minimum Gasteiger partial charge on any atom is -0.491 e. The summed E-state index contributed by atoms with van der Waals surface area (Å²) in [6.45, 7) is 2.97. The molecule has 1 aromatic heterocycles. The Kier molecular flexibility index (Phi) is 7.47. The first kappa shape index (κ1) is 22.1. The Morgan fingerprint density at radius 2 is 1.77 bits per heavy atom. The number of amides is 2. The Labute approximate surface area is 178 Å². The fourth-order valence-corrected chi connectivity index (χ4v) is 2.81. The summed E-state index contributed by atoms with van der Waals surface area (Å²) in [5.74, 6) is 0.424. The lowest BCUT2D eigenvalue weighted by Crippen LogP contribution is -2.33. The Bertz CT molecular complexity index is 1030. The summed E-state index contributed by atoms with van der Waals surface area (Å²) >= 11 is 0. The van der Waals surface area contributed by atoms with Gasteiger partial charge in [0.1, 0.15) is 29.8 Å². The zero-order valence-corrected chi connectivity index (χ0v) is 17.2. The second-order valence-electron chi connectivity index (χ2n) is 6.76. The van der Waals surface area contributed by atoms with E-state index in [0.29, 0.717) is 35.9 Å². The molecule has 0 saturated heterocycles. The summed E-state index contributed by atoms with van der Waals surface area (Å²) in [7, 11) is 1.61. The van der Waals surface area contributed by atoms with Crippen molar-refractivity contribution in [2.24, 2.45) is 0 Å². The van der Waals surface area contributed by atoms with E-state index in [0.717, 1.165) is 5.39 Å². The van der Waals surface area contributed by atoms with Gasteiger partial charge in [-0.2, -0.15) is 0 Å². The molecule has 164 valence electrons. The van der Waals surface area contributed by atoms with Crippen LogP contribution in [0.2, 0.25) is 0 Å². The zero-order chi connectivity index (χ0) is 22.2. The Hall–Kier alpha value is -3.56. The normalized spacial score (nSPS) is 11.7. The maximum Gasteiger partial charge on any atom is 0.287 e. The van der Waals surface area contributed by atoms with Gasteiger partial charge >= 0.3 is 0 Å². The van der Waals surface area contributed by atoms with E-state index in [-0.39, 0.29) is 24.3 Å². The molecule has 0 fully saturated rings. The number of methoxy groups -OCH3 is 1. The van der Waals surface area contributed by atoms with Crippen molar-refractivity contribution in [3.8, 4) is 11.5 Å². The van der Waals surface area contributed by atoms with Crippen molar-refractivity contribution >= 4 is 22.8 Å². The van der Waals surface area contributed by atoms with Crippen LogP contribution in [0.25, 0.3) is 11.0 Å². The number of ether oxygens (including phenoxy) is 3. The molecule has 0 bridgehead atoms. The zero-order valence-electron chi connectivity index (χ0n) is 17.2. The molecular formula is C22H24N2O7. The van der Waals surface area contributed by atoms with Gasteiger partial charge in [-0.25, -0.2) is 5.48 Å². The Morgan fingerprint density at radius 1 is 1.03 bits per heavy atom. The average molecular weight is 428 g/mol. The van der Waals surface area contributed by atoms with E-state index in [1.165, 1.54) is 12.1 Å². The highest BCUT2D eigenvalue weighted by Gasteiger charge is 2.15. The summed E-state index contributed by atoms with van der Waals surface area (Å²) in [5.41, 5.74) is 2.45. The van der Waals surface area contributed by atoms with Gasteiger partial charge in [-0.05, 0) is 55.5 Å². The molecule has 0 unspecified atom stereocenters. The summed E-state index contributed by atoms with van der Waals surface area (Å²) in [5, 5.41) is 12.2. The van der Waals surface area contributed by atoms with Gasteiger partial charge in [-0.3, -0.25) is 14.8 Å². The van der Waals surface area contributed by atoms with Gasteiger partial charge in [0.15, 0.2) is 5.76 Å². The third-order valence-corrected chi connectivity index (χ3v) is 4.37. The number of hydroxylamine groups is 1. The van der Waals surface area contributed by atoms with Gasteiger partial charge in [0.05, 0.1) is 13.2 Å². The summed E-state index contributed by atoms with van der Waals surface area (Å²) in [6, 6.07) is 13.2. The van der Waals surface area contributed by atoms with E-state index in [1.807, 2.05) is 0 Å². The number of carbonyl (C=O) groups is 2. The first-order valence-electron chi connectivity index (χ1n) is 9.65. The Balaban J connectivity index is 1.53. The highest BCUT2D eigenvalue weighted by atomic mass is 16.5. The van der Waals surface area contributed by atoms with Crippen LogP contribution in [0.1, 0.15) is 27.8 Å². The van der Waals surface area contributed by atoms with Crippen molar-refractivity contribution in [2.45, 2.75) is 13.0 Å². The van der Waals surface area contributed by atoms with Crippen molar-refractivity contribution in [3.63, 3.8) is 0 Å². The first-order chi connectivity index (χ1) is 15.0. The van der Waals surface area contributed by atoms with Crippen LogP contribution in [0, 0.1) is 0 Å². The quantitative estimate of drug-likeness (QED) is 0.258. The molecule has 3 aromatic rings. The minimum absolute atomic E-state index is 0.190. The molecule has 3 rings (SSSR count). The number of carbonyl (C=O) groups excluding carboxylic acids is 2. The summed E-state index contributed by atoms with van der Waals surface area (Å²) in [6.07, 6.45) is -0.327. The van der Waals surface area contributed by atoms with Gasteiger partial charge in [-0.1, -0.05) is 0 Å². The molecule has 0 spiro atoms. The average Bonchev–Trinajstić information content (AvgIpc) is 3.21. The predicted octanol–water partition coefficient (Wildman–Crippen LogP) is 2.77. The van der Waals surface area contributed by atoms with E-state index >= 15 is 0 Å². The largest absolute Gasteiger partial charge is 0.491 e. The van der Waals surface area contributed by atoms with Crippen LogP contribution in [0.15, 0.2) is 52.9 Å². The van der Waals surface area contributed by atoms with Crippen LogP contribution in [0.5, 0.6) is 11.5 Å².